The van der Waals surface area contributed by atoms with Crippen molar-refractivity contribution in [2.45, 2.75) is 38.5 Å². The molecular weight excluding hydrogens is 218 g/mol. The van der Waals surface area contributed by atoms with Crippen molar-refractivity contribution in [1.29, 1.82) is 0 Å². The molecular formula is C12H21N3O2. The first-order valence-corrected chi connectivity index (χ1v) is 6.07. The molecule has 0 bridgehead atoms. The Morgan fingerprint density at radius 3 is 3.12 bits per heavy atom. The molecule has 1 aromatic heterocycles. The molecule has 0 aliphatic carbocycles. The van der Waals surface area contributed by atoms with Crippen molar-refractivity contribution in [3.63, 3.8) is 0 Å². The van der Waals surface area contributed by atoms with E-state index in [1.54, 1.807) is 7.11 Å². The molecule has 0 amide bonds. The van der Waals surface area contributed by atoms with E-state index in [0.717, 1.165) is 43.9 Å². The van der Waals surface area contributed by atoms with Gasteiger partial charge in [-0.05, 0) is 26.3 Å². The number of ether oxygens (including phenoxy) is 1. The minimum Gasteiger partial charge on any atom is -0.377 e. The molecule has 2 rings (SSSR count). The lowest BCUT2D eigenvalue weighted by molar-refractivity contribution is -0.0541. The van der Waals surface area contributed by atoms with Crippen LogP contribution in [0.3, 0.4) is 0 Å². The molecule has 1 unspecified atom stereocenters. The van der Waals surface area contributed by atoms with Gasteiger partial charge in [0.05, 0.1) is 17.8 Å². The van der Waals surface area contributed by atoms with E-state index in [1.807, 2.05) is 6.07 Å². The standard InChI is InChI=1S/C12H21N3O2/c1-12(16-2)4-3-5-15(9-12)8-11-6-10(7-13)14-17-11/h6H,3-5,7-9,13H2,1-2H3. The molecule has 1 fully saturated rings. The van der Waals surface area contributed by atoms with E-state index in [-0.39, 0.29) is 5.60 Å². The smallest absolute Gasteiger partial charge is 0.151 e. The summed E-state index contributed by atoms with van der Waals surface area (Å²) in [6, 6.07) is 1.93. The van der Waals surface area contributed by atoms with Crippen LogP contribution in [0.15, 0.2) is 10.6 Å². The molecule has 2 N–H and O–H groups in total. The third kappa shape index (κ3) is 3.06. The Balaban J connectivity index is 1.94. The number of aromatic nitrogens is 1. The number of likely N-dealkylation sites (tertiary alicyclic amines) is 1. The van der Waals surface area contributed by atoms with Gasteiger partial charge in [-0.25, -0.2) is 0 Å². The van der Waals surface area contributed by atoms with Crippen molar-refractivity contribution in [2.24, 2.45) is 5.73 Å². The molecule has 1 saturated heterocycles. The van der Waals surface area contributed by atoms with Crippen molar-refractivity contribution in [2.75, 3.05) is 20.2 Å². The fourth-order valence-corrected chi connectivity index (χ4v) is 2.36. The largest absolute Gasteiger partial charge is 0.377 e. The Labute approximate surface area is 102 Å². The SMILES string of the molecule is COC1(C)CCCN(Cc2cc(CN)no2)C1. The van der Waals surface area contributed by atoms with Crippen LogP contribution in [0.25, 0.3) is 0 Å². The number of hydrogen-bond donors (Lipinski definition) is 1. The van der Waals surface area contributed by atoms with Gasteiger partial charge >= 0.3 is 0 Å². The van der Waals surface area contributed by atoms with Crippen molar-refractivity contribution in [1.82, 2.24) is 10.1 Å². The van der Waals surface area contributed by atoms with E-state index in [0.29, 0.717) is 6.54 Å². The molecule has 1 aliphatic rings. The van der Waals surface area contributed by atoms with Crippen LogP contribution in [-0.2, 0) is 17.8 Å². The first-order valence-electron chi connectivity index (χ1n) is 6.07. The van der Waals surface area contributed by atoms with Gasteiger partial charge in [-0.3, -0.25) is 4.90 Å². The average molecular weight is 239 g/mol. The molecule has 1 aromatic rings. The normalized spacial score (nSPS) is 26.3. The maximum Gasteiger partial charge on any atom is 0.151 e. The molecule has 17 heavy (non-hydrogen) atoms. The van der Waals surface area contributed by atoms with E-state index >= 15 is 0 Å². The summed E-state index contributed by atoms with van der Waals surface area (Å²) in [7, 11) is 1.78. The summed E-state index contributed by atoms with van der Waals surface area (Å²) in [5.74, 6) is 0.880. The maximum absolute atomic E-state index is 5.57. The van der Waals surface area contributed by atoms with E-state index in [4.69, 9.17) is 15.0 Å². The van der Waals surface area contributed by atoms with E-state index in [2.05, 4.69) is 17.0 Å². The monoisotopic (exact) mass is 239 g/mol. The highest BCUT2D eigenvalue weighted by Gasteiger charge is 2.31. The van der Waals surface area contributed by atoms with E-state index in [1.165, 1.54) is 0 Å². The number of nitrogens with two attached hydrogens (primary N) is 1. The highest BCUT2D eigenvalue weighted by Crippen LogP contribution is 2.25. The van der Waals surface area contributed by atoms with Crippen LogP contribution in [0.2, 0.25) is 0 Å². The number of nitrogens with zero attached hydrogens (tertiary/aromatic N) is 2. The van der Waals surface area contributed by atoms with Crippen molar-refractivity contribution < 1.29 is 9.26 Å². The minimum absolute atomic E-state index is 0.0328. The van der Waals surface area contributed by atoms with Crippen LogP contribution in [-0.4, -0.2) is 35.9 Å². The molecule has 2 heterocycles. The first kappa shape index (κ1) is 12.5. The second kappa shape index (κ2) is 5.16. The summed E-state index contributed by atoms with van der Waals surface area (Å²) in [6.07, 6.45) is 2.27. The summed E-state index contributed by atoms with van der Waals surface area (Å²) in [5, 5.41) is 3.90. The second-order valence-electron chi connectivity index (χ2n) is 4.96. The zero-order chi connectivity index (χ0) is 12.3. The van der Waals surface area contributed by atoms with E-state index in [9.17, 15) is 0 Å². The Bertz CT molecular complexity index is 366. The summed E-state index contributed by atoms with van der Waals surface area (Å²) < 4.78 is 10.8. The van der Waals surface area contributed by atoms with Gasteiger partial charge in [0.25, 0.3) is 0 Å². The highest BCUT2D eigenvalue weighted by molar-refractivity contribution is 5.05. The number of piperidine rings is 1. The maximum atomic E-state index is 5.57. The molecule has 0 radical (unpaired) electrons. The van der Waals surface area contributed by atoms with Gasteiger partial charge in [-0.1, -0.05) is 5.16 Å². The summed E-state index contributed by atoms with van der Waals surface area (Å²) >= 11 is 0. The molecule has 1 atom stereocenters. The van der Waals surface area contributed by atoms with Gasteiger partial charge in [0, 0.05) is 26.3 Å². The van der Waals surface area contributed by atoms with Gasteiger partial charge in [-0.15, -0.1) is 0 Å². The lowest BCUT2D eigenvalue weighted by Crippen LogP contribution is -2.46. The third-order valence-corrected chi connectivity index (χ3v) is 3.43. The van der Waals surface area contributed by atoms with Crippen molar-refractivity contribution >= 4 is 0 Å². The van der Waals surface area contributed by atoms with Gasteiger partial charge in [0.2, 0.25) is 0 Å². The molecule has 0 spiro atoms. The van der Waals surface area contributed by atoms with Gasteiger partial charge in [0.1, 0.15) is 0 Å². The van der Waals surface area contributed by atoms with Crippen LogP contribution in [0.5, 0.6) is 0 Å². The van der Waals surface area contributed by atoms with Gasteiger partial charge in [0.15, 0.2) is 5.76 Å². The van der Waals surface area contributed by atoms with Crippen LogP contribution >= 0.6 is 0 Å². The average Bonchev–Trinajstić information content (AvgIpc) is 2.77. The van der Waals surface area contributed by atoms with Crippen LogP contribution in [0, 0.1) is 0 Å². The topological polar surface area (TPSA) is 64.5 Å². The fourth-order valence-electron chi connectivity index (χ4n) is 2.36. The minimum atomic E-state index is -0.0328. The van der Waals surface area contributed by atoms with Crippen LogP contribution in [0.1, 0.15) is 31.2 Å². The van der Waals surface area contributed by atoms with Gasteiger partial charge < -0.3 is 15.0 Å². The molecule has 96 valence electrons. The Hall–Kier alpha value is -0.910. The van der Waals surface area contributed by atoms with Crippen molar-refractivity contribution in [3.8, 4) is 0 Å². The predicted molar refractivity (Wildman–Crippen MR) is 64.3 cm³/mol. The number of rotatable bonds is 4. The lowest BCUT2D eigenvalue weighted by Gasteiger charge is -2.39. The Kier molecular flexibility index (Phi) is 3.81. The summed E-state index contributed by atoms with van der Waals surface area (Å²) in [6.45, 7) is 5.38. The van der Waals surface area contributed by atoms with Crippen LogP contribution in [0.4, 0.5) is 0 Å². The molecule has 0 saturated carbocycles. The predicted octanol–water partition coefficient (Wildman–Crippen LogP) is 1.13. The molecule has 5 heteroatoms. The molecule has 0 aromatic carbocycles. The van der Waals surface area contributed by atoms with Gasteiger partial charge in [-0.2, -0.15) is 0 Å². The van der Waals surface area contributed by atoms with Crippen LogP contribution < -0.4 is 5.73 Å². The Morgan fingerprint density at radius 2 is 2.47 bits per heavy atom. The first-order chi connectivity index (χ1) is 8.15. The summed E-state index contributed by atoms with van der Waals surface area (Å²) in [5.41, 5.74) is 6.28. The zero-order valence-electron chi connectivity index (χ0n) is 10.6. The molecule has 1 aliphatic heterocycles. The number of hydrogen-bond acceptors (Lipinski definition) is 5. The highest BCUT2D eigenvalue weighted by atomic mass is 16.5. The third-order valence-electron chi connectivity index (χ3n) is 3.43. The second-order valence-corrected chi connectivity index (χ2v) is 4.96. The lowest BCUT2D eigenvalue weighted by atomic mass is 9.95. The molecule has 5 nitrogen and oxygen atoms in total. The Morgan fingerprint density at radius 1 is 1.65 bits per heavy atom. The zero-order valence-corrected chi connectivity index (χ0v) is 10.6. The fraction of sp³-hybridized carbons (Fsp3) is 0.750. The van der Waals surface area contributed by atoms with Crippen molar-refractivity contribution in [3.05, 3.63) is 17.5 Å². The number of methoxy groups -OCH3 is 1. The quantitative estimate of drug-likeness (QED) is 0.853. The van der Waals surface area contributed by atoms with E-state index < -0.39 is 0 Å². The summed E-state index contributed by atoms with van der Waals surface area (Å²) in [4.78, 5) is 2.34.